The number of nitrogens with two attached hydrogens (primary N) is 1. The van der Waals surface area contributed by atoms with Gasteiger partial charge in [0.25, 0.3) is 0 Å². The van der Waals surface area contributed by atoms with Crippen LogP contribution in [0, 0.1) is 0 Å². The Hall–Kier alpha value is -1.85. The van der Waals surface area contributed by atoms with E-state index in [1.165, 1.54) is 12.7 Å². The van der Waals surface area contributed by atoms with Crippen molar-refractivity contribution in [1.82, 2.24) is 19.5 Å². The molecule has 3 rings (SSSR count). The molecule has 0 aromatic carbocycles. The van der Waals surface area contributed by atoms with Gasteiger partial charge in [-0.05, 0) is 12.8 Å². The van der Waals surface area contributed by atoms with Crippen LogP contribution < -0.4 is 5.73 Å². The number of aliphatic hydroxyl groups excluding tert-OH is 1. The number of ether oxygens (including phenoxy) is 1. The van der Waals surface area contributed by atoms with Gasteiger partial charge in [0.2, 0.25) is 0 Å². The Labute approximate surface area is 119 Å². The summed E-state index contributed by atoms with van der Waals surface area (Å²) in [4.78, 5) is 12.0. The third-order valence-electron chi connectivity index (χ3n) is 3.13. The molecule has 10 heteroatoms. The Morgan fingerprint density at radius 3 is 2.57 bits per heavy atom. The molecule has 1 saturated heterocycles. The van der Waals surface area contributed by atoms with E-state index in [-0.39, 0.29) is 5.82 Å². The molecule has 2 unspecified atom stereocenters. The SMILES string of the molecule is CO.Nc1ncnc2c1ncn2C1CCC(C(O)(O)O)O1. The van der Waals surface area contributed by atoms with Crippen molar-refractivity contribution in [3.05, 3.63) is 12.7 Å². The van der Waals surface area contributed by atoms with E-state index in [0.29, 0.717) is 24.0 Å². The van der Waals surface area contributed by atoms with E-state index in [1.54, 1.807) is 4.57 Å². The topological polar surface area (TPSA) is 160 Å². The number of imidazole rings is 1. The van der Waals surface area contributed by atoms with Crippen molar-refractivity contribution in [2.24, 2.45) is 0 Å². The van der Waals surface area contributed by atoms with Crippen LogP contribution in [0.25, 0.3) is 11.2 Å². The number of hydrogen-bond acceptors (Lipinski definition) is 9. The number of nitrogens with zero attached hydrogens (tertiary/aromatic N) is 4. The zero-order chi connectivity index (χ0) is 15.6. The van der Waals surface area contributed by atoms with Crippen molar-refractivity contribution in [2.45, 2.75) is 31.1 Å². The number of nitrogen functional groups attached to an aromatic ring is 1. The molecular weight excluding hydrogens is 282 g/mol. The molecular formula is C11H17N5O5. The first kappa shape index (κ1) is 15.5. The highest BCUT2D eigenvalue weighted by Crippen LogP contribution is 2.33. The molecule has 0 amide bonds. The molecule has 116 valence electrons. The molecule has 0 bridgehead atoms. The van der Waals surface area contributed by atoms with E-state index in [4.69, 9.17) is 30.9 Å². The Morgan fingerprint density at radius 2 is 1.95 bits per heavy atom. The second kappa shape index (κ2) is 5.87. The summed E-state index contributed by atoms with van der Waals surface area (Å²) in [5.41, 5.74) is 6.63. The van der Waals surface area contributed by atoms with Gasteiger partial charge in [-0.3, -0.25) is 4.57 Å². The van der Waals surface area contributed by atoms with Crippen LogP contribution in [-0.2, 0) is 4.74 Å². The number of fused-ring (bicyclic) bond motifs is 1. The van der Waals surface area contributed by atoms with E-state index >= 15 is 0 Å². The first-order valence-corrected chi connectivity index (χ1v) is 6.17. The predicted octanol–water partition coefficient (Wildman–Crippen LogP) is -1.67. The third kappa shape index (κ3) is 2.94. The van der Waals surface area contributed by atoms with Crippen LogP contribution in [0.2, 0.25) is 0 Å². The molecule has 1 aliphatic rings. The molecule has 0 saturated carbocycles. The minimum absolute atomic E-state index is 0.263. The van der Waals surface area contributed by atoms with Crippen LogP contribution in [-0.4, -0.2) is 59.1 Å². The number of anilines is 1. The minimum Gasteiger partial charge on any atom is -0.400 e. The average molecular weight is 299 g/mol. The molecule has 0 radical (unpaired) electrons. The summed E-state index contributed by atoms with van der Waals surface area (Å²) < 4.78 is 7.01. The lowest BCUT2D eigenvalue weighted by molar-refractivity contribution is -0.360. The Balaban J connectivity index is 0.000000774. The predicted molar refractivity (Wildman–Crippen MR) is 70.4 cm³/mol. The van der Waals surface area contributed by atoms with Crippen LogP contribution >= 0.6 is 0 Å². The fraction of sp³-hybridized carbons (Fsp3) is 0.545. The van der Waals surface area contributed by atoms with Gasteiger partial charge in [0.05, 0.1) is 6.33 Å². The summed E-state index contributed by atoms with van der Waals surface area (Å²) >= 11 is 0. The largest absolute Gasteiger partial charge is 0.400 e. The van der Waals surface area contributed by atoms with Gasteiger partial charge in [0.1, 0.15) is 24.2 Å². The van der Waals surface area contributed by atoms with Crippen LogP contribution in [0.15, 0.2) is 12.7 Å². The number of rotatable bonds is 2. The van der Waals surface area contributed by atoms with Crippen LogP contribution in [0.4, 0.5) is 5.82 Å². The van der Waals surface area contributed by atoms with Gasteiger partial charge in [-0.15, -0.1) is 0 Å². The van der Waals surface area contributed by atoms with Crippen molar-refractivity contribution < 1.29 is 25.2 Å². The normalized spacial score (nSPS) is 22.1. The van der Waals surface area contributed by atoms with Gasteiger partial charge in [-0.1, -0.05) is 0 Å². The van der Waals surface area contributed by atoms with Gasteiger partial charge in [-0.25, -0.2) is 15.0 Å². The molecule has 6 N–H and O–H groups in total. The quantitative estimate of drug-likeness (QED) is 0.408. The van der Waals surface area contributed by atoms with Gasteiger partial charge in [0, 0.05) is 7.11 Å². The van der Waals surface area contributed by atoms with Crippen molar-refractivity contribution in [3.63, 3.8) is 0 Å². The molecule has 1 fully saturated rings. The second-order valence-corrected chi connectivity index (χ2v) is 4.43. The van der Waals surface area contributed by atoms with E-state index < -0.39 is 18.3 Å². The first-order chi connectivity index (χ1) is 9.97. The maximum atomic E-state index is 9.11. The zero-order valence-electron chi connectivity index (χ0n) is 11.3. The van der Waals surface area contributed by atoms with Crippen LogP contribution in [0.3, 0.4) is 0 Å². The van der Waals surface area contributed by atoms with E-state index in [2.05, 4.69) is 15.0 Å². The van der Waals surface area contributed by atoms with Gasteiger partial charge in [0.15, 0.2) is 11.5 Å². The molecule has 0 spiro atoms. The summed E-state index contributed by atoms with van der Waals surface area (Å²) in [5.74, 6) is -2.58. The van der Waals surface area contributed by atoms with E-state index in [9.17, 15) is 0 Å². The van der Waals surface area contributed by atoms with E-state index in [1.807, 2.05) is 0 Å². The van der Waals surface area contributed by atoms with E-state index in [0.717, 1.165) is 7.11 Å². The summed E-state index contributed by atoms with van der Waals surface area (Å²) in [5, 5.41) is 34.3. The number of hydrogen-bond donors (Lipinski definition) is 5. The molecule has 2 aromatic rings. The molecule has 1 aliphatic heterocycles. The van der Waals surface area contributed by atoms with Gasteiger partial charge < -0.3 is 30.9 Å². The molecule has 2 aromatic heterocycles. The van der Waals surface area contributed by atoms with Gasteiger partial charge in [-0.2, -0.15) is 0 Å². The maximum Gasteiger partial charge on any atom is 0.303 e. The molecule has 0 aliphatic carbocycles. The van der Waals surface area contributed by atoms with Crippen LogP contribution in [0.1, 0.15) is 19.1 Å². The molecule has 10 nitrogen and oxygen atoms in total. The van der Waals surface area contributed by atoms with Crippen molar-refractivity contribution in [1.29, 1.82) is 0 Å². The maximum absolute atomic E-state index is 9.11. The lowest BCUT2D eigenvalue weighted by atomic mass is 10.2. The number of aliphatic hydroxyl groups is 4. The van der Waals surface area contributed by atoms with Crippen LogP contribution in [0.5, 0.6) is 0 Å². The fourth-order valence-electron chi connectivity index (χ4n) is 2.19. The Kier molecular flexibility index (Phi) is 4.34. The highest BCUT2D eigenvalue weighted by molar-refractivity contribution is 5.81. The second-order valence-electron chi connectivity index (χ2n) is 4.43. The third-order valence-corrected chi connectivity index (χ3v) is 3.13. The highest BCUT2D eigenvalue weighted by atomic mass is 16.7. The minimum atomic E-state index is -2.85. The van der Waals surface area contributed by atoms with Gasteiger partial charge >= 0.3 is 5.97 Å². The summed E-state index contributed by atoms with van der Waals surface area (Å²) in [6.45, 7) is 0. The smallest absolute Gasteiger partial charge is 0.303 e. The lowest BCUT2D eigenvalue weighted by Crippen LogP contribution is -2.41. The summed E-state index contributed by atoms with van der Waals surface area (Å²) in [6, 6.07) is 0. The standard InChI is InChI=1S/C10H13N5O4.CH4O/c11-8-7-9(13-3-12-8)15(4-14-7)6-2-1-5(19-6)10(16,17)18;1-2/h3-6,16-18H,1-2H2,(H2,11,12,13);2H,1H3. The molecule has 3 heterocycles. The monoisotopic (exact) mass is 299 g/mol. The fourth-order valence-corrected chi connectivity index (χ4v) is 2.19. The van der Waals surface area contributed by atoms with Crippen molar-refractivity contribution >= 4 is 17.0 Å². The number of aromatic nitrogens is 4. The van der Waals surface area contributed by atoms with Crippen molar-refractivity contribution in [2.75, 3.05) is 12.8 Å². The zero-order valence-corrected chi connectivity index (χ0v) is 11.3. The Bertz CT molecular complexity index is 611. The summed E-state index contributed by atoms with van der Waals surface area (Å²) in [7, 11) is 1.00. The summed E-state index contributed by atoms with van der Waals surface area (Å²) in [6.07, 6.45) is 2.04. The first-order valence-electron chi connectivity index (χ1n) is 6.17. The molecule has 2 atom stereocenters. The Morgan fingerprint density at radius 1 is 1.24 bits per heavy atom. The average Bonchev–Trinajstić information content (AvgIpc) is 3.07. The lowest BCUT2D eigenvalue weighted by Gasteiger charge is -2.22. The molecule has 21 heavy (non-hydrogen) atoms. The highest BCUT2D eigenvalue weighted by Gasteiger charge is 2.40. The van der Waals surface area contributed by atoms with Crippen molar-refractivity contribution in [3.8, 4) is 0 Å².